The minimum absolute atomic E-state index is 0.166. The summed E-state index contributed by atoms with van der Waals surface area (Å²) < 4.78 is 1.52. The van der Waals surface area contributed by atoms with Crippen LogP contribution < -0.4 is 11.0 Å². The SMILES string of the molecule is CCCn1c(SCC(=O)NCc2ccc(Cl)cc2Cl)n[nH]c1=O. The van der Waals surface area contributed by atoms with Gasteiger partial charge in [-0.1, -0.05) is 48.0 Å². The van der Waals surface area contributed by atoms with Gasteiger partial charge in [0.15, 0.2) is 5.16 Å². The number of H-pyrrole nitrogens is 1. The Labute approximate surface area is 147 Å². The highest BCUT2D eigenvalue weighted by Crippen LogP contribution is 2.20. The molecule has 0 unspecified atom stereocenters. The summed E-state index contributed by atoms with van der Waals surface area (Å²) in [5.74, 6) is -0.00123. The van der Waals surface area contributed by atoms with Gasteiger partial charge < -0.3 is 5.32 Å². The third-order valence-corrected chi connectivity index (χ3v) is 4.56. The summed E-state index contributed by atoms with van der Waals surface area (Å²) in [7, 11) is 0. The predicted molar refractivity (Wildman–Crippen MR) is 92.2 cm³/mol. The maximum absolute atomic E-state index is 11.9. The molecule has 0 saturated carbocycles. The van der Waals surface area contributed by atoms with Gasteiger partial charge in [0.2, 0.25) is 5.91 Å². The van der Waals surface area contributed by atoms with Gasteiger partial charge >= 0.3 is 5.69 Å². The van der Waals surface area contributed by atoms with Crippen molar-refractivity contribution in [1.29, 1.82) is 0 Å². The number of thioether (sulfide) groups is 1. The molecule has 2 N–H and O–H groups in total. The average molecular weight is 375 g/mol. The number of hydrogen-bond donors (Lipinski definition) is 2. The number of rotatable bonds is 7. The Hall–Kier alpha value is -1.44. The number of hydrogen-bond acceptors (Lipinski definition) is 4. The molecule has 23 heavy (non-hydrogen) atoms. The zero-order valence-corrected chi connectivity index (χ0v) is 14.8. The van der Waals surface area contributed by atoms with Crippen LogP contribution in [-0.2, 0) is 17.9 Å². The van der Waals surface area contributed by atoms with Crippen LogP contribution in [0.1, 0.15) is 18.9 Å². The number of benzene rings is 1. The normalized spacial score (nSPS) is 10.7. The van der Waals surface area contributed by atoms with E-state index in [1.54, 1.807) is 18.2 Å². The maximum Gasteiger partial charge on any atom is 0.343 e. The van der Waals surface area contributed by atoms with Crippen molar-refractivity contribution >= 4 is 40.9 Å². The minimum atomic E-state index is -0.261. The smallest absolute Gasteiger partial charge is 0.343 e. The van der Waals surface area contributed by atoms with E-state index in [-0.39, 0.29) is 17.3 Å². The molecule has 0 fully saturated rings. The third-order valence-electron chi connectivity index (χ3n) is 2.99. The lowest BCUT2D eigenvalue weighted by Crippen LogP contribution is -2.25. The van der Waals surface area contributed by atoms with E-state index < -0.39 is 0 Å². The number of nitrogens with zero attached hydrogens (tertiary/aromatic N) is 2. The lowest BCUT2D eigenvalue weighted by atomic mass is 10.2. The second kappa shape index (κ2) is 8.42. The third kappa shape index (κ3) is 5.02. The zero-order chi connectivity index (χ0) is 16.8. The molecule has 0 saturated heterocycles. The number of nitrogens with one attached hydrogen (secondary N) is 2. The molecule has 124 valence electrons. The van der Waals surface area contributed by atoms with Crippen LogP contribution in [0.15, 0.2) is 28.2 Å². The fourth-order valence-corrected chi connectivity index (χ4v) is 3.15. The molecular formula is C14H16Cl2N4O2S. The van der Waals surface area contributed by atoms with Crippen LogP contribution in [0.3, 0.4) is 0 Å². The summed E-state index contributed by atoms with van der Waals surface area (Å²) in [4.78, 5) is 23.5. The van der Waals surface area contributed by atoms with E-state index >= 15 is 0 Å². The highest BCUT2D eigenvalue weighted by molar-refractivity contribution is 7.99. The fraction of sp³-hybridized carbons (Fsp3) is 0.357. The summed E-state index contributed by atoms with van der Waals surface area (Å²) in [6.07, 6.45) is 0.814. The van der Waals surface area contributed by atoms with Gasteiger partial charge in [-0.15, -0.1) is 5.10 Å². The molecule has 0 aliphatic heterocycles. The average Bonchev–Trinajstić information content (AvgIpc) is 2.85. The molecule has 2 aromatic rings. The Morgan fingerprint density at radius 1 is 1.43 bits per heavy atom. The van der Waals surface area contributed by atoms with Gasteiger partial charge in [0.1, 0.15) is 0 Å². The van der Waals surface area contributed by atoms with Crippen molar-refractivity contribution in [2.75, 3.05) is 5.75 Å². The fourth-order valence-electron chi connectivity index (χ4n) is 1.87. The van der Waals surface area contributed by atoms with Crippen molar-refractivity contribution in [3.05, 3.63) is 44.3 Å². The largest absolute Gasteiger partial charge is 0.351 e. The van der Waals surface area contributed by atoms with Gasteiger partial charge in [0.25, 0.3) is 0 Å². The number of aromatic amines is 1. The van der Waals surface area contributed by atoms with Crippen molar-refractivity contribution < 1.29 is 4.79 Å². The zero-order valence-electron chi connectivity index (χ0n) is 12.4. The van der Waals surface area contributed by atoms with Crippen molar-refractivity contribution in [3.8, 4) is 0 Å². The molecule has 2 rings (SSSR count). The molecule has 0 spiro atoms. The summed E-state index contributed by atoms with van der Waals surface area (Å²) in [6, 6.07) is 5.12. The van der Waals surface area contributed by atoms with Gasteiger partial charge in [-0.05, 0) is 24.1 Å². The van der Waals surface area contributed by atoms with Gasteiger partial charge in [-0.3, -0.25) is 9.36 Å². The Balaban J connectivity index is 1.87. The highest BCUT2D eigenvalue weighted by Gasteiger charge is 2.11. The standard InChI is InChI=1S/C14H16Cl2N4O2S/c1-2-5-20-13(22)18-19-14(20)23-8-12(21)17-7-9-3-4-10(15)6-11(9)16/h3-4,6H,2,5,7-8H2,1H3,(H,17,21)(H,18,22). The lowest BCUT2D eigenvalue weighted by Gasteiger charge is -2.07. The topological polar surface area (TPSA) is 79.8 Å². The van der Waals surface area contributed by atoms with E-state index in [0.717, 1.165) is 12.0 Å². The monoisotopic (exact) mass is 374 g/mol. The van der Waals surface area contributed by atoms with Crippen LogP contribution >= 0.6 is 35.0 Å². The van der Waals surface area contributed by atoms with Crippen LogP contribution in [0.25, 0.3) is 0 Å². The number of aromatic nitrogens is 3. The molecule has 1 aromatic carbocycles. The number of halogens is 2. The Kier molecular flexibility index (Phi) is 6.56. The summed E-state index contributed by atoms with van der Waals surface area (Å²) in [6.45, 7) is 2.86. The molecule has 0 aliphatic rings. The van der Waals surface area contributed by atoms with Gasteiger partial charge in [-0.25, -0.2) is 9.89 Å². The molecular weight excluding hydrogens is 359 g/mol. The van der Waals surface area contributed by atoms with Crippen LogP contribution in [0, 0.1) is 0 Å². The van der Waals surface area contributed by atoms with Gasteiger partial charge in [0, 0.05) is 23.1 Å². The first kappa shape index (κ1) is 17.9. The molecule has 6 nitrogen and oxygen atoms in total. The van der Waals surface area contributed by atoms with E-state index in [0.29, 0.717) is 28.3 Å². The number of carbonyl (C=O) groups is 1. The van der Waals surface area contributed by atoms with E-state index in [9.17, 15) is 9.59 Å². The molecule has 1 heterocycles. The lowest BCUT2D eigenvalue weighted by molar-refractivity contribution is -0.118. The van der Waals surface area contributed by atoms with Crippen LogP contribution in [-0.4, -0.2) is 26.4 Å². The first-order valence-electron chi connectivity index (χ1n) is 7.00. The molecule has 0 bridgehead atoms. The number of carbonyl (C=O) groups excluding carboxylic acids is 1. The molecule has 0 radical (unpaired) electrons. The van der Waals surface area contributed by atoms with Gasteiger partial charge in [-0.2, -0.15) is 0 Å². The van der Waals surface area contributed by atoms with Crippen LogP contribution in [0.2, 0.25) is 10.0 Å². The molecule has 1 aromatic heterocycles. The van der Waals surface area contributed by atoms with Crippen LogP contribution in [0.4, 0.5) is 0 Å². The number of amides is 1. The molecule has 0 atom stereocenters. The summed E-state index contributed by atoms with van der Waals surface area (Å²) in [5, 5.41) is 10.7. The van der Waals surface area contributed by atoms with E-state index in [4.69, 9.17) is 23.2 Å². The Bertz CT molecular complexity index is 745. The first-order chi connectivity index (χ1) is 11.0. The van der Waals surface area contributed by atoms with E-state index in [1.807, 2.05) is 6.92 Å². The second-order valence-corrected chi connectivity index (χ2v) is 6.55. The van der Waals surface area contributed by atoms with Crippen molar-refractivity contribution in [1.82, 2.24) is 20.1 Å². The summed E-state index contributed by atoms with van der Waals surface area (Å²) >= 11 is 13.1. The first-order valence-corrected chi connectivity index (χ1v) is 8.74. The Morgan fingerprint density at radius 2 is 2.22 bits per heavy atom. The maximum atomic E-state index is 11.9. The van der Waals surface area contributed by atoms with Crippen molar-refractivity contribution in [2.45, 2.75) is 31.6 Å². The van der Waals surface area contributed by atoms with Crippen LogP contribution in [0.5, 0.6) is 0 Å². The van der Waals surface area contributed by atoms with E-state index in [1.165, 1.54) is 16.3 Å². The molecule has 9 heteroatoms. The second-order valence-electron chi connectivity index (χ2n) is 4.76. The van der Waals surface area contributed by atoms with Crippen molar-refractivity contribution in [2.24, 2.45) is 0 Å². The quantitative estimate of drug-likeness (QED) is 0.730. The molecule has 0 aliphatic carbocycles. The predicted octanol–water partition coefficient (Wildman–Crippen LogP) is 2.70. The van der Waals surface area contributed by atoms with Gasteiger partial charge in [0.05, 0.1) is 5.75 Å². The highest BCUT2D eigenvalue weighted by atomic mass is 35.5. The van der Waals surface area contributed by atoms with Crippen molar-refractivity contribution in [3.63, 3.8) is 0 Å². The Morgan fingerprint density at radius 3 is 2.91 bits per heavy atom. The van der Waals surface area contributed by atoms with E-state index in [2.05, 4.69) is 15.5 Å². The minimum Gasteiger partial charge on any atom is -0.351 e. The molecule has 1 amide bonds. The summed E-state index contributed by atoms with van der Waals surface area (Å²) in [5.41, 5.74) is 0.528.